The maximum Gasteiger partial charge on any atom is 0.163 e. The van der Waals surface area contributed by atoms with Gasteiger partial charge in [0, 0.05) is 42.9 Å². The molecular formula is C21H23N5O. The smallest absolute Gasteiger partial charge is 0.163 e. The van der Waals surface area contributed by atoms with Crippen LogP contribution in [0.5, 0.6) is 0 Å². The Balaban J connectivity index is 1.61. The molecule has 4 rings (SSSR count). The highest BCUT2D eigenvalue weighted by Crippen LogP contribution is 2.27. The molecule has 2 aromatic heterocycles. The molecule has 0 saturated carbocycles. The van der Waals surface area contributed by atoms with E-state index in [9.17, 15) is 0 Å². The van der Waals surface area contributed by atoms with Crippen LogP contribution >= 0.6 is 0 Å². The van der Waals surface area contributed by atoms with Gasteiger partial charge >= 0.3 is 0 Å². The molecule has 1 saturated heterocycles. The summed E-state index contributed by atoms with van der Waals surface area (Å²) in [5.74, 6) is 2.18. The number of benzene rings is 1. The summed E-state index contributed by atoms with van der Waals surface area (Å²) < 4.78 is 5.87. The third-order valence-corrected chi connectivity index (χ3v) is 4.65. The highest BCUT2D eigenvalue weighted by molar-refractivity contribution is 5.64. The van der Waals surface area contributed by atoms with E-state index in [0.717, 1.165) is 42.3 Å². The first-order chi connectivity index (χ1) is 13.2. The molecule has 3 aromatic rings. The zero-order valence-electron chi connectivity index (χ0n) is 15.4. The topological polar surface area (TPSA) is 72.0 Å². The summed E-state index contributed by atoms with van der Waals surface area (Å²) in [6, 6.07) is 15.7. The van der Waals surface area contributed by atoms with E-state index in [0.29, 0.717) is 12.4 Å². The molecule has 1 aliphatic heterocycles. The highest BCUT2D eigenvalue weighted by atomic mass is 16.5. The Labute approximate surface area is 159 Å². The van der Waals surface area contributed by atoms with E-state index in [1.165, 1.54) is 0 Å². The number of hydrogen-bond acceptors (Lipinski definition) is 6. The Hall–Kier alpha value is -2.99. The Morgan fingerprint density at radius 1 is 1.04 bits per heavy atom. The fourth-order valence-corrected chi connectivity index (χ4v) is 3.16. The lowest BCUT2D eigenvalue weighted by molar-refractivity contribution is 0.0315. The molecule has 1 fully saturated rings. The van der Waals surface area contributed by atoms with Crippen LogP contribution < -0.4 is 10.6 Å². The first kappa shape index (κ1) is 17.4. The van der Waals surface area contributed by atoms with Gasteiger partial charge in [-0.3, -0.25) is 4.98 Å². The number of ether oxygens (including phenoxy) is 1. The fourth-order valence-electron chi connectivity index (χ4n) is 3.16. The van der Waals surface area contributed by atoms with E-state index >= 15 is 0 Å². The van der Waals surface area contributed by atoms with Gasteiger partial charge < -0.3 is 15.4 Å². The second kappa shape index (κ2) is 7.72. The predicted molar refractivity (Wildman–Crippen MR) is 107 cm³/mol. The van der Waals surface area contributed by atoms with Crippen molar-refractivity contribution in [1.29, 1.82) is 0 Å². The minimum Gasteiger partial charge on any atom is -0.373 e. The van der Waals surface area contributed by atoms with Crippen LogP contribution in [0.2, 0.25) is 0 Å². The summed E-state index contributed by atoms with van der Waals surface area (Å²) in [5, 5.41) is 6.76. The molecule has 1 unspecified atom stereocenters. The van der Waals surface area contributed by atoms with Crippen LogP contribution in [-0.4, -0.2) is 33.7 Å². The van der Waals surface area contributed by atoms with Gasteiger partial charge in [-0.1, -0.05) is 30.3 Å². The molecule has 2 N–H and O–H groups in total. The lowest BCUT2D eigenvalue weighted by Gasteiger charge is -2.24. The van der Waals surface area contributed by atoms with Crippen molar-refractivity contribution < 1.29 is 4.74 Å². The molecule has 0 radical (unpaired) electrons. The molecule has 0 aliphatic carbocycles. The van der Waals surface area contributed by atoms with Crippen LogP contribution in [-0.2, 0) is 4.74 Å². The SMILES string of the molecule is CC1(CNc2cc(Nc3ccncc3)nc(-c3ccccc3)n2)CCCO1. The molecule has 6 nitrogen and oxygen atoms in total. The largest absolute Gasteiger partial charge is 0.373 e. The van der Waals surface area contributed by atoms with Gasteiger partial charge in [0.15, 0.2) is 5.82 Å². The Bertz CT molecular complexity index is 880. The molecule has 138 valence electrons. The number of rotatable bonds is 6. The van der Waals surface area contributed by atoms with E-state index in [4.69, 9.17) is 9.72 Å². The zero-order chi connectivity index (χ0) is 18.5. The number of pyridine rings is 1. The summed E-state index contributed by atoms with van der Waals surface area (Å²) in [5.41, 5.74) is 1.76. The van der Waals surface area contributed by atoms with E-state index in [-0.39, 0.29) is 5.60 Å². The highest BCUT2D eigenvalue weighted by Gasteiger charge is 2.29. The van der Waals surface area contributed by atoms with Gasteiger partial charge in [-0.15, -0.1) is 0 Å². The minimum atomic E-state index is -0.142. The van der Waals surface area contributed by atoms with Crippen molar-refractivity contribution >= 4 is 17.3 Å². The van der Waals surface area contributed by atoms with Gasteiger partial charge in [-0.25, -0.2) is 9.97 Å². The first-order valence-electron chi connectivity index (χ1n) is 9.20. The van der Waals surface area contributed by atoms with Crippen LogP contribution in [0.1, 0.15) is 19.8 Å². The van der Waals surface area contributed by atoms with Gasteiger partial charge in [0.1, 0.15) is 11.6 Å². The molecule has 1 aromatic carbocycles. The molecule has 6 heteroatoms. The minimum absolute atomic E-state index is 0.142. The quantitative estimate of drug-likeness (QED) is 0.683. The first-order valence-corrected chi connectivity index (χ1v) is 9.20. The third kappa shape index (κ3) is 4.41. The van der Waals surface area contributed by atoms with Gasteiger partial charge in [-0.2, -0.15) is 0 Å². The normalized spacial score (nSPS) is 19.0. The average molecular weight is 361 g/mol. The summed E-state index contributed by atoms with van der Waals surface area (Å²) in [7, 11) is 0. The number of aromatic nitrogens is 3. The zero-order valence-corrected chi connectivity index (χ0v) is 15.4. The number of nitrogens with one attached hydrogen (secondary N) is 2. The predicted octanol–water partition coefficient (Wildman–Crippen LogP) is 4.26. The van der Waals surface area contributed by atoms with Gasteiger partial charge in [-0.05, 0) is 31.9 Å². The Morgan fingerprint density at radius 2 is 1.81 bits per heavy atom. The maximum atomic E-state index is 5.87. The second-order valence-corrected chi connectivity index (χ2v) is 6.94. The van der Waals surface area contributed by atoms with E-state index in [1.807, 2.05) is 48.5 Å². The van der Waals surface area contributed by atoms with Crippen molar-refractivity contribution in [3.8, 4) is 11.4 Å². The average Bonchev–Trinajstić information content (AvgIpc) is 3.15. The van der Waals surface area contributed by atoms with Crippen LogP contribution in [0.3, 0.4) is 0 Å². The van der Waals surface area contributed by atoms with Crippen LogP contribution in [0.15, 0.2) is 60.9 Å². The summed E-state index contributed by atoms with van der Waals surface area (Å²) in [6.07, 6.45) is 5.66. The van der Waals surface area contributed by atoms with Crippen molar-refractivity contribution in [1.82, 2.24) is 15.0 Å². The molecule has 0 amide bonds. The van der Waals surface area contributed by atoms with Crippen molar-refractivity contribution in [2.75, 3.05) is 23.8 Å². The number of anilines is 3. The van der Waals surface area contributed by atoms with Gasteiger partial charge in [0.25, 0.3) is 0 Å². The second-order valence-electron chi connectivity index (χ2n) is 6.94. The molecule has 0 spiro atoms. The lowest BCUT2D eigenvalue weighted by atomic mass is 10.0. The van der Waals surface area contributed by atoms with Crippen LogP contribution in [0, 0.1) is 0 Å². The van der Waals surface area contributed by atoms with Crippen molar-refractivity contribution in [3.63, 3.8) is 0 Å². The molecular weight excluding hydrogens is 338 g/mol. The number of hydrogen-bond donors (Lipinski definition) is 2. The van der Waals surface area contributed by atoms with Crippen LogP contribution in [0.25, 0.3) is 11.4 Å². The Morgan fingerprint density at radius 3 is 2.56 bits per heavy atom. The van der Waals surface area contributed by atoms with Gasteiger partial charge in [0.05, 0.1) is 5.60 Å². The maximum absolute atomic E-state index is 5.87. The third-order valence-electron chi connectivity index (χ3n) is 4.65. The van der Waals surface area contributed by atoms with E-state index < -0.39 is 0 Å². The van der Waals surface area contributed by atoms with Crippen molar-refractivity contribution in [2.24, 2.45) is 0 Å². The van der Waals surface area contributed by atoms with E-state index in [1.54, 1.807) is 12.4 Å². The molecule has 0 bridgehead atoms. The molecule has 1 atom stereocenters. The van der Waals surface area contributed by atoms with Crippen molar-refractivity contribution in [3.05, 3.63) is 60.9 Å². The lowest BCUT2D eigenvalue weighted by Crippen LogP contribution is -2.32. The fraction of sp³-hybridized carbons (Fsp3) is 0.286. The monoisotopic (exact) mass is 361 g/mol. The van der Waals surface area contributed by atoms with Crippen LogP contribution in [0.4, 0.5) is 17.3 Å². The molecule has 1 aliphatic rings. The molecule has 3 heterocycles. The summed E-state index contributed by atoms with van der Waals surface area (Å²) in [6.45, 7) is 3.68. The number of nitrogens with zero attached hydrogens (tertiary/aromatic N) is 3. The van der Waals surface area contributed by atoms with E-state index in [2.05, 4.69) is 27.5 Å². The standard InChI is InChI=1S/C21H23N5O/c1-21(10-5-13-27-21)15-23-18-14-19(24-17-8-11-22-12-9-17)26-20(25-18)16-6-3-2-4-7-16/h2-4,6-9,11-12,14H,5,10,13,15H2,1H3,(H2,22,23,24,25,26). The van der Waals surface area contributed by atoms with Crippen molar-refractivity contribution in [2.45, 2.75) is 25.4 Å². The Kier molecular flexibility index (Phi) is 4.98. The summed E-state index contributed by atoms with van der Waals surface area (Å²) >= 11 is 0. The van der Waals surface area contributed by atoms with Gasteiger partial charge in [0.2, 0.25) is 0 Å². The molecule has 27 heavy (non-hydrogen) atoms. The summed E-state index contributed by atoms with van der Waals surface area (Å²) in [4.78, 5) is 13.4.